The summed E-state index contributed by atoms with van der Waals surface area (Å²) < 4.78 is 0. The van der Waals surface area contributed by atoms with E-state index in [2.05, 4.69) is 0 Å². The Bertz CT molecular complexity index is 262. The van der Waals surface area contributed by atoms with E-state index >= 15 is 0 Å². The number of hydrogen-bond acceptors (Lipinski definition) is 2. The van der Waals surface area contributed by atoms with Gasteiger partial charge in [-0.15, -0.1) is 0 Å². The van der Waals surface area contributed by atoms with E-state index in [0.29, 0.717) is 0 Å². The van der Waals surface area contributed by atoms with Gasteiger partial charge in [0.1, 0.15) is 0 Å². The molecule has 1 rings (SSSR count). The summed E-state index contributed by atoms with van der Waals surface area (Å²) in [5.74, 6) is 0. The molecule has 0 heterocycles. The maximum Gasteiger partial charge on any atom is 0.0436 e. The molecule has 0 aromatic carbocycles. The van der Waals surface area contributed by atoms with Crippen molar-refractivity contribution in [3.05, 3.63) is 0 Å². The minimum atomic E-state index is 0.199. The molecule has 0 aromatic rings. The molecule has 0 radical (unpaired) electrons. The van der Waals surface area contributed by atoms with Crippen LogP contribution in [0, 0.1) is 5.41 Å². The summed E-state index contributed by atoms with van der Waals surface area (Å²) in [7, 11) is 0. The Morgan fingerprint density at radius 3 is 0.846 bits per heavy atom. The molecule has 0 aromatic heterocycles. The normalized spacial score (nSPS) is 23.3. The summed E-state index contributed by atoms with van der Waals surface area (Å²) in [5, 5.41) is 19.2. The van der Waals surface area contributed by atoms with E-state index in [1.807, 2.05) is 0 Å². The predicted octanol–water partition coefficient (Wildman–Crippen LogP) is 7.16. The standard InChI is InChI=1S/C24H48O2/c25-22-20-24(21-23-26)18-16-14-12-10-8-6-4-2-1-3-5-7-9-11-13-15-17-19-24/h25-26H,1-23H2. The van der Waals surface area contributed by atoms with Crippen molar-refractivity contribution in [1.82, 2.24) is 0 Å². The van der Waals surface area contributed by atoms with Gasteiger partial charge < -0.3 is 10.2 Å². The van der Waals surface area contributed by atoms with Crippen molar-refractivity contribution in [2.45, 2.75) is 135 Å². The molecule has 0 unspecified atom stereocenters. The number of aliphatic hydroxyl groups excluding tert-OH is 2. The van der Waals surface area contributed by atoms with Crippen LogP contribution < -0.4 is 0 Å². The monoisotopic (exact) mass is 368 g/mol. The third-order valence-corrected chi connectivity index (χ3v) is 6.70. The molecule has 1 saturated carbocycles. The molecule has 2 nitrogen and oxygen atoms in total. The van der Waals surface area contributed by atoms with Crippen molar-refractivity contribution in [3.63, 3.8) is 0 Å². The van der Waals surface area contributed by atoms with Crippen molar-refractivity contribution in [2.75, 3.05) is 13.2 Å². The SMILES string of the molecule is OCCC1(CCO)CCCCCCCCCCCCCCCCCCC1. The van der Waals surface area contributed by atoms with Crippen molar-refractivity contribution >= 4 is 0 Å². The summed E-state index contributed by atoms with van der Waals surface area (Å²) in [5.41, 5.74) is 0.199. The first-order chi connectivity index (χ1) is 12.8. The number of rotatable bonds is 4. The maximum atomic E-state index is 9.58. The Morgan fingerprint density at radius 2 is 0.615 bits per heavy atom. The third-order valence-electron chi connectivity index (χ3n) is 6.70. The van der Waals surface area contributed by atoms with Crippen LogP contribution in [0.2, 0.25) is 0 Å². The molecule has 0 atom stereocenters. The highest BCUT2D eigenvalue weighted by molar-refractivity contribution is 4.79. The maximum absolute atomic E-state index is 9.58. The van der Waals surface area contributed by atoms with E-state index in [-0.39, 0.29) is 18.6 Å². The fourth-order valence-corrected chi connectivity index (χ4v) is 4.88. The Kier molecular flexibility index (Phi) is 15.7. The third kappa shape index (κ3) is 12.3. The van der Waals surface area contributed by atoms with Crippen molar-refractivity contribution in [2.24, 2.45) is 5.41 Å². The zero-order valence-corrected chi connectivity index (χ0v) is 17.7. The van der Waals surface area contributed by atoms with Gasteiger partial charge in [-0.2, -0.15) is 0 Å². The molecule has 2 heteroatoms. The average molecular weight is 369 g/mol. The molecular formula is C24H48O2. The molecule has 0 spiro atoms. The van der Waals surface area contributed by atoms with Crippen LogP contribution in [0.5, 0.6) is 0 Å². The second kappa shape index (κ2) is 17.0. The molecular weight excluding hydrogens is 320 g/mol. The lowest BCUT2D eigenvalue weighted by Gasteiger charge is -2.33. The molecule has 0 bridgehead atoms. The lowest BCUT2D eigenvalue weighted by atomic mass is 9.73. The Balaban J connectivity index is 2.41. The van der Waals surface area contributed by atoms with Crippen LogP contribution in [0.4, 0.5) is 0 Å². The largest absolute Gasteiger partial charge is 0.396 e. The van der Waals surface area contributed by atoms with E-state index in [4.69, 9.17) is 0 Å². The smallest absolute Gasteiger partial charge is 0.0436 e. The zero-order chi connectivity index (χ0) is 18.8. The summed E-state index contributed by atoms with van der Waals surface area (Å²) >= 11 is 0. The van der Waals surface area contributed by atoms with Crippen LogP contribution in [0.15, 0.2) is 0 Å². The zero-order valence-electron chi connectivity index (χ0n) is 17.7. The number of hydrogen-bond donors (Lipinski definition) is 2. The molecule has 156 valence electrons. The fraction of sp³-hybridized carbons (Fsp3) is 1.00. The number of aliphatic hydroxyl groups is 2. The fourth-order valence-electron chi connectivity index (χ4n) is 4.88. The summed E-state index contributed by atoms with van der Waals surface area (Å²) in [4.78, 5) is 0. The van der Waals surface area contributed by atoms with E-state index in [9.17, 15) is 10.2 Å². The lowest BCUT2D eigenvalue weighted by molar-refractivity contribution is 0.108. The minimum absolute atomic E-state index is 0.199. The highest BCUT2D eigenvalue weighted by atomic mass is 16.3. The summed E-state index contributed by atoms with van der Waals surface area (Å²) in [6.45, 7) is 0.556. The Labute approximate surface area is 164 Å². The molecule has 1 aliphatic carbocycles. The average Bonchev–Trinajstić information content (AvgIpc) is 2.63. The molecule has 1 aliphatic rings. The van der Waals surface area contributed by atoms with Crippen LogP contribution in [-0.4, -0.2) is 23.4 Å². The van der Waals surface area contributed by atoms with Crippen LogP contribution in [0.25, 0.3) is 0 Å². The van der Waals surface area contributed by atoms with Crippen molar-refractivity contribution < 1.29 is 10.2 Å². The molecule has 0 aliphatic heterocycles. The van der Waals surface area contributed by atoms with E-state index in [0.717, 1.165) is 12.8 Å². The quantitative estimate of drug-likeness (QED) is 0.552. The van der Waals surface area contributed by atoms with Crippen molar-refractivity contribution in [1.29, 1.82) is 0 Å². The van der Waals surface area contributed by atoms with Gasteiger partial charge in [-0.05, 0) is 31.1 Å². The van der Waals surface area contributed by atoms with Gasteiger partial charge in [0, 0.05) is 13.2 Å². The van der Waals surface area contributed by atoms with Gasteiger partial charge in [-0.3, -0.25) is 0 Å². The van der Waals surface area contributed by atoms with Gasteiger partial charge in [0.15, 0.2) is 0 Å². The van der Waals surface area contributed by atoms with Crippen LogP contribution in [-0.2, 0) is 0 Å². The van der Waals surface area contributed by atoms with Gasteiger partial charge in [0.25, 0.3) is 0 Å². The Hall–Kier alpha value is -0.0800. The van der Waals surface area contributed by atoms with E-state index in [1.165, 1.54) is 122 Å². The Morgan fingerprint density at radius 1 is 0.385 bits per heavy atom. The molecule has 0 amide bonds. The van der Waals surface area contributed by atoms with Gasteiger partial charge >= 0.3 is 0 Å². The van der Waals surface area contributed by atoms with Gasteiger partial charge in [-0.25, -0.2) is 0 Å². The van der Waals surface area contributed by atoms with Gasteiger partial charge in [0.2, 0.25) is 0 Å². The topological polar surface area (TPSA) is 40.5 Å². The first-order valence-corrected chi connectivity index (χ1v) is 12.0. The highest BCUT2D eigenvalue weighted by Crippen LogP contribution is 2.38. The van der Waals surface area contributed by atoms with Crippen molar-refractivity contribution in [3.8, 4) is 0 Å². The van der Waals surface area contributed by atoms with Gasteiger partial charge in [-0.1, -0.05) is 109 Å². The first kappa shape index (κ1) is 24.0. The van der Waals surface area contributed by atoms with Crippen LogP contribution >= 0.6 is 0 Å². The summed E-state index contributed by atoms with van der Waals surface area (Å²) in [6, 6.07) is 0. The van der Waals surface area contributed by atoms with E-state index < -0.39 is 0 Å². The highest BCUT2D eigenvalue weighted by Gasteiger charge is 2.27. The molecule has 0 saturated heterocycles. The lowest BCUT2D eigenvalue weighted by Crippen LogP contribution is -2.24. The molecule has 1 fully saturated rings. The summed E-state index contributed by atoms with van der Waals surface area (Å²) in [6.07, 6.45) is 27.8. The molecule has 2 N–H and O–H groups in total. The second-order valence-electron chi connectivity index (χ2n) is 8.96. The minimum Gasteiger partial charge on any atom is -0.396 e. The van der Waals surface area contributed by atoms with Gasteiger partial charge in [0.05, 0.1) is 0 Å². The van der Waals surface area contributed by atoms with Crippen LogP contribution in [0.1, 0.15) is 135 Å². The van der Waals surface area contributed by atoms with E-state index in [1.54, 1.807) is 0 Å². The first-order valence-electron chi connectivity index (χ1n) is 12.0. The molecule has 26 heavy (non-hydrogen) atoms. The second-order valence-corrected chi connectivity index (χ2v) is 8.96. The predicted molar refractivity (Wildman–Crippen MR) is 114 cm³/mol. The van der Waals surface area contributed by atoms with Crippen LogP contribution in [0.3, 0.4) is 0 Å².